The van der Waals surface area contributed by atoms with Crippen LogP contribution in [0.15, 0.2) is 10.5 Å². The van der Waals surface area contributed by atoms with E-state index in [0.29, 0.717) is 11.8 Å². The molecule has 23 heavy (non-hydrogen) atoms. The van der Waals surface area contributed by atoms with Crippen LogP contribution in [0.4, 0.5) is 0 Å². The summed E-state index contributed by atoms with van der Waals surface area (Å²) in [6, 6.07) is 2.27. The van der Waals surface area contributed by atoms with Gasteiger partial charge in [-0.25, -0.2) is 0 Å². The van der Waals surface area contributed by atoms with E-state index in [-0.39, 0.29) is 24.8 Å². The first-order chi connectivity index (χ1) is 10.1. The lowest BCUT2D eigenvalue weighted by atomic mass is 9.92. The zero-order valence-electron chi connectivity index (χ0n) is 13.8. The van der Waals surface area contributed by atoms with Crippen LogP contribution >= 0.6 is 40.7 Å². The summed E-state index contributed by atoms with van der Waals surface area (Å²) >= 11 is 3.70. The van der Waals surface area contributed by atoms with E-state index in [4.69, 9.17) is 0 Å². The summed E-state index contributed by atoms with van der Waals surface area (Å²) < 4.78 is 1.14. The van der Waals surface area contributed by atoms with Gasteiger partial charge in [-0.15, -0.1) is 24.8 Å². The Morgan fingerprint density at radius 1 is 1.26 bits per heavy atom. The second kappa shape index (κ2) is 8.91. The lowest BCUT2D eigenvalue weighted by Crippen LogP contribution is -2.45. The predicted molar refractivity (Wildman–Crippen MR) is 104 cm³/mol. The van der Waals surface area contributed by atoms with Crippen molar-refractivity contribution >= 4 is 40.7 Å². The molecule has 1 saturated heterocycles. The summed E-state index contributed by atoms with van der Waals surface area (Å²) in [6.45, 7) is 8.42. The first kappa shape index (κ1) is 21.0. The van der Waals surface area contributed by atoms with Crippen LogP contribution in [0.3, 0.4) is 0 Å². The molecule has 2 aliphatic rings. The summed E-state index contributed by atoms with van der Waals surface area (Å²) in [7, 11) is 0. The van der Waals surface area contributed by atoms with Gasteiger partial charge in [-0.2, -0.15) is 0 Å². The van der Waals surface area contributed by atoms with E-state index in [1.54, 1.807) is 0 Å². The van der Waals surface area contributed by atoms with Gasteiger partial charge < -0.3 is 10.4 Å². The Bertz CT molecular complexity index is 532. The van der Waals surface area contributed by atoms with Crippen molar-refractivity contribution in [3.05, 3.63) is 27.2 Å². The van der Waals surface area contributed by atoms with E-state index < -0.39 is 0 Å². The molecule has 1 aliphatic heterocycles. The van der Waals surface area contributed by atoms with Gasteiger partial charge in [-0.1, -0.05) is 28.8 Å². The highest BCUT2D eigenvalue weighted by molar-refractivity contribution is 9.10. The van der Waals surface area contributed by atoms with E-state index >= 15 is 0 Å². The Hall–Kier alpha value is -0.000000000000000111. The number of hydrogen-bond donors (Lipinski definition) is 2. The molecule has 0 spiro atoms. The molecule has 6 heteroatoms. The molecular formula is C17H27BrCl2N2O. The fourth-order valence-corrected chi connectivity index (χ4v) is 3.81. The van der Waals surface area contributed by atoms with Gasteiger partial charge in [0.2, 0.25) is 0 Å². The number of aryl methyl sites for hydroxylation is 1. The number of benzene rings is 1. The van der Waals surface area contributed by atoms with E-state index in [9.17, 15) is 5.11 Å². The van der Waals surface area contributed by atoms with Crippen LogP contribution in [0, 0.1) is 19.8 Å². The molecule has 0 bridgehead atoms. The van der Waals surface area contributed by atoms with Crippen molar-refractivity contribution in [1.29, 1.82) is 0 Å². The standard InChI is InChI=1S/C17H25BrN2O.2ClH/c1-11-9-15(21)16(12(2)17(11)18)14(10-13-3-4-13)20-7-5-19-6-8-20;;/h9,13-14,19,21H,3-8,10H2,1-2H3;2*1H/t14-;;/m0../s1. The molecule has 2 fully saturated rings. The molecular weight excluding hydrogens is 399 g/mol. The van der Waals surface area contributed by atoms with Crippen LogP contribution < -0.4 is 5.32 Å². The maximum atomic E-state index is 10.6. The monoisotopic (exact) mass is 424 g/mol. The van der Waals surface area contributed by atoms with E-state index in [0.717, 1.165) is 47.7 Å². The second-order valence-corrected chi connectivity index (χ2v) is 7.34. The third kappa shape index (κ3) is 4.76. The number of aromatic hydroxyl groups is 1. The number of nitrogens with zero attached hydrogens (tertiary/aromatic N) is 1. The van der Waals surface area contributed by atoms with Gasteiger partial charge in [0, 0.05) is 42.3 Å². The van der Waals surface area contributed by atoms with Gasteiger partial charge in [-0.05, 0) is 43.4 Å². The topological polar surface area (TPSA) is 35.5 Å². The highest BCUT2D eigenvalue weighted by atomic mass is 79.9. The van der Waals surface area contributed by atoms with Crippen molar-refractivity contribution in [2.75, 3.05) is 26.2 Å². The molecule has 3 nitrogen and oxygen atoms in total. The number of halogens is 3. The fraction of sp³-hybridized carbons (Fsp3) is 0.647. The molecule has 0 aromatic heterocycles. The van der Waals surface area contributed by atoms with Gasteiger partial charge in [0.05, 0.1) is 0 Å². The zero-order valence-corrected chi connectivity index (χ0v) is 17.0. The lowest BCUT2D eigenvalue weighted by molar-refractivity contribution is 0.157. The summed E-state index contributed by atoms with van der Waals surface area (Å²) in [5, 5.41) is 14.0. The molecule has 2 N–H and O–H groups in total. The first-order valence-electron chi connectivity index (χ1n) is 8.01. The quantitative estimate of drug-likeness (QED) is 0.751. The largest absolute Gasteiger partial charge is 0.508 e. The molecule has 0 amide bonds. The van der Waals surface area contributed by atoms with Gasteiger partial charge in [0.25, 0.3) is 0 Å². The van der Waals surface area contributed by atoms with Crippen LogP contribution in [0.5, 0.6) is 5.75 Å². The predicted octanol–water partition coefficient (Wildman–Crippen LogP) is 4.36. The van der Waals surface area contributed by atoms with Crippen molar-refractivity contribution in [1.82, 2.24) is 10.2 Å². The smallest absolute Gasteiger partial charge is 0.120 e. The summed E-state index contributed by atoms with van der Waals surface area (Å²) in [4.78, 5) is 2.55. The van der Waals surface area contributed by atoms with Crippen LogP contribution in [-0.2, 0) is 0 Å². The Morgan fingerprint density at radius 3 is 2.43 bits per heavy atom. The lowest BCUT2D eigenvalue weighted by Gasteiger charge is -2.36. The number of phenolic OH excluding ortho intramolecular Hbond substituents is 1. The Labute approximate surface area is 160 Å². The molecule has 1 aliphatic carbocycles. The van der Waals surface area contributed by atoms with Crippen molar-refractivity contribution in [2.45, 2.75) is 39.2 Å². The third-order valence-corrected chi connectivity index (χ3v) is 6.11. The number of piperazine rings is 1. The molecule has 0 radical (unpaired) electrons. The van der Waals surface area contributed by atoms with Crippen LogP contribution in [0.1, 0.15) is 42.0 Å². The van der Waals surface area contributed by atoms with Crippen molar-refractivity contribution in [3.8, 4) is 5.75 Å². The van der Waals surface area contributed by atoms with Gasteiger partial charge >= 0.3 is 0 Å². The van der Waals surface area contributed by atoms with Crippen molar-refractivity contribution in [3.63, 3.8) is 0 Å². The first-order valence-corrected chi connectivity index (χ1v) is 8.80. The molecule has 1 heterocycles. The zero-order chi connectivity index (χ0) is 15.0. The fourth-order valence-electron chi connectivity index (χ4n) is 3.49. The summed E-state index contributed by atoms with van der Waals surface area (Å²) in [5.41, 5.74) is 3.46. The highest BCUT2D eigenvalue weighted by Gasteiger charge is 2.33. The minimum Gasteiger partial charge on any atom is -0.508 e. The number of phenols is 1. The average Bonchev–Trinajstić information content (AvgIpc) is 3.29. The Kier molecular flexibility index (Phi) is 8.15. The maximum absolute atomic E-state index is 10.6. The normalized spacial score (nSPS) is 19.6. The molecule has 1 atom stereocenters. The van der Waals surface area contributed by atoms with Gasteiger partial charge in [0.15, 0.2) is 0 Å². The van der Waals surface area contributed by atoms with Gasteiger partial charge in [-0.3, -0.25) is 4.90 Å². The highest BCUT2D eigenvalue weighted by Crippen LogP contribution is 2.45. The minimum atomic E-state index is 0. The van der Waals surface area contributed by atoms with E-state index in [1.165, 1.54) is 24.8 Å². The Balaban J connectivity index is 0.00000132. The molecule has 0 unspecified atom stereocenters. The van der Waals surface area contributed by atoms with Crippen molar-refractivity contribution in [2.24, 2.45) is 5.92 Å². The SMILES string of the molecule is Cc1cc(O)c([C@H](CC2CC2)N2CCNCC2)c(C)c1Br.Cl.Cl. The Morgan fingerprint density at radius 2 is 1.87 bits per heavy atom. The van der Waals surface area contributed by atoms with Crippen LogP contribution in [0.25, 0.3) is 0 Å². The summed E-state index contributed by atoms with van der Waals surface area (Å²) in [5.74, 6) is 1.32. The van der Waals surface area contributed by atoms with Gasteiger partial charge in [0.1, 0.15) is 5.75 Å². The number of rotatable bonds is 4. The minimum absolute atomic E-state index is 0. The van der Waals surface area contributed by atoms with Crippen LogP contribution in [0.2, 0.25) is 0 Å². The maximum Gasteiger partial charge on any atom is 0.120 e. The summed E-state index contributed by atoms with van der Waals surface area (Å²) in [6.07, 6.45) is 3.90. The number of hydrogen-bond acceptors (Lipinski definition) is 3. The second-order valence-electron chi connectivity index (χ2n) is 6.55. The van der Waals surface area contributed by atoms with E-state index in [1.807, 2.05) is 13.0 Å². The number of nitrogens with one attached hydrogen (secondary N) is 1. The molecule has 132 valence electrons. The molecule has 3 rings (SSSR count). The molecule has 1 aromatic rings. The third-order valence-electron chi connectivity index (χ3n) is 4.89. The van der Waals surface area contributed by atoms with E-state index in [2.05, 4.69) is 33.1 Å². The van der Waals surface area contributed by atoms with Crippen LogP contribution in [-0.4, -0.2) is 36.2 Å². The molecule has 1 aromatic carbocycles. The molecule has 1 saturated carbocycles. The average molecular weight is 426 g/mol. The van der Waals surface area contributed by atoms with Crippen molar-refractivity contribution < 1.29 is 5.11 Å².